The molecule has 0 aliphatic heterocycles. The van der Waals surface area contributed by atoms with Crippen LogP contribution in [0.15, 0.2) is 42.5 Å². The lowest BCUT2D eigenvalue weighted by molar-refractivity contribution is -0.116. The van der Waals surface area contributed by atoms with Crippen molar-refractivity contribution in [1.29, 1.82) is 0 Å². The summed E-state index contributed by atoms with van der Waals surface area (Å²) in [6, 6.07) is 12.0. The van der Waals surface area contributed by atoms with Crippen molar-refractivity contribution < 1.29 is 14.4 Å². The van der Waals surface area contributed by atoms with Crippen molar-refractivity contribution in [1.82, 2.24) is 19.9 Å². The molecule has 0 bridgehead atoms. The number of benzene rings is 2. The molecule has 0 fully saturated rings. The number of amides is 2. The van der Waals surface area contributed by atoms with Crippen LogP contribution < -0.4 is 5.32 Å². The predicted molar refractivity (Wildman–Crippen MR) is 110 cm³/mol. The van der Waals surface area contributed by atoms with E-state index in [1.165, 1.54) is 11.8 Å². The Morgan fingerprint density at radius 3 is 2.34 bits per heavy atom. The summed E-state index contributed by atoms with van der Waals surface area (Å²) in [4.78, 5) is 37.6. The number of carbonyl (C=O) groups is 3. The number of Topliss-reactive ketones (excluding diaryl/α,β-unsaturated/α-hetero) is 1. The topological polar surface area (TPSA) is 97.2 Å². The zero-order chi connectivity index (χ0) is 21.1. The molecule has 2 aromatic carbocycles. The molecule has 0 atom stereocenters. The molecule has 0 unspecified atom stereocenters. The van der Waals surface area contributed by atoms with Crippen LogP contribution in [0, 0.1) is 0 Å². The maximum absolute atomic E-state index is 12.7. The van der Waals surface area contributed by atoms with Crippen molar-refractivity contribution in [3.05, 3.63) is 53.6 Å². The summed E-state index contributed by atoms with van der Waals surface area (Å²) >= 11 is 0. The summed E-state index contributed by atoms with van der Waals surface area (Å²) < 4.78 is 1.79. The van der Waals surface area contributed by atoms with Gasteiger partial charge in [-0.25, -0.2) is 4.68 Å². The highest BCUT2D eigenvalue weighted by Gasteiger charge is 2.17. The van der Waals surface area contributed by atoms with Crippen molar-refractivity contribution in [2.75, 3.05) is 18.9 Å². The van der Waals surface area contributed by atoms with Crippen LogP contribution in [0.4, 0.5) is 5.69 Å². The minimum absolute atomic E-state index is 0.0430. The van der Waals surface area contributed by atoms with E-state index in [-0.39, 0.29) is 30.2 Å². The second-order valence-corrected chi connectivity index (χ2v) is 7.17. The van der Waals surface area contributed by atoms with E-state index in [1.54, 1.807) is 48.1 Å². The standard InChI is InChI=1S/C21H23N5O3/c1-13(2)26-19-10-7-16(11-18(19)23-24-26)21(29)25(4)12-20(28)22-17-8-5-15(6-9-17)14(3)27/h5-11,13H,12H2,1-4H3,(H,22,28). The average molecular weight is 393 g/mol. The van der Waals surface area contributed by atoms with Gasteiger partial charge in [0.1, 0.15) is 5.52 Å². The van der Waals surface area contributed by atoms with Crippen molar-refractivity contribution in [3.63, 3.8) is 0 Å². The Morgan fingerprint density at radius 2 is 1.72 bits per heavy atom. The van der Waals surface area contributed by atoms with E-state index in [0.717, 1.165) is 5.52 Å². The minimum atomic E-state index is -0.330. The van der Waals surface area contributed by atoms with Crippen molar-refractivity contribution in [2.45, 2.75) is 26.8 Å². The number of rotatable bonds is 6. The molecule has 0 spiro atoms. The van der Waals surface area contributed by atoms with Gasteiger partial charge < -0.3 is 10.2 Å². The summed E-state index contributed by atoms with van der Waals surface area (Å²) in [7, 11) is 1.57. The first-order chi connectivity index (χ1) is 13.8. The number of likely N-dealkylation sites (N-methyl/N-ethyl adjacent to an activating group) is 1. The molecule has 1 heterocycles. The molecule has 0 saturated carbocycles. The third kappa shape index (κ3) is 4.48. The first-order valence-corrected chi connectivity index (χ1v) is 9.27. The zero-order valence-corrected chi connectivity index (χ0v) is 16.8. The Balaban J connectivity index is 1.65. The van der Waals surface area contributed by atoms with Crippen molar-refractivity contribution >= 4 is 34.3 Å². The minimum Gasteiger partial charge on any atom is -0.332 e. The molecule has 0 radical (unpaired) electrons. The normalized spacial score (nSPS) is 10.9. The molecule has 1 N–H and O–H groups in total. The number of anilines is 1. The molecule has 0 aliphatic carbocycles. The van der Waals surface area contributed by atoms with Crippen LogP contribution in [-0.2, 0) is 4.79 Å². The Bertz CT molecular complexity index is 1070. The molecular formula is C21H23N5O3. The van der Waals surface area contributed by atoms with E-state index in [4.69, 9.17) is 0 Å². The van der Waals surface area contributed by atoms with E-state index in [0.29, 0.717) is 22.3 Å². The average Bonchev–Trinajstić information content (AvgIpc) is 3.11. The van der Waals surface area contributed by atoms with Crippen LogP contribution in [0.2, 0.25) is 0 Å². The fourth-order valence-electron chi connectivity index (χ4n) is 2.95. The highest BCUT2D eigenvalue weighted by atomic mass is 16.2. The monoisotopic (exact) mass is 393 g/mol. The number of nitrogens with one attached hydrogen (secondary N) is 1. The van der Waals surface area contributed by atoms with Gasteiger partial charge in [-0.05, 0) is 63.2 Å². The van der Waals surface area contributed by atoms with E-state index >= 15 is 0 Å². The maximum Gasteiger partial charge on any atom is 0.254 e. The molecule has 8 nitrogen and oxygen atoms in total. The molecule has 29 heavy (non-hydrogen) atoms. The van der Waals surface area contributed by atoms with E-state index in [1.807, 2.05) is 19.9 Å². The quantitative estimate of drug-likeness (QED) is 0.650. The lowest BCUT2D eigenvalue weighted by Gasteiger charge is -2.17. The number of hydrogen-bond acceptors (Lipinski definition) is 5. The van der Waals surface area contributed by atoms with Gasteiger partial charge in [0.05, 0.1) is 12.1 Å². The number of nitrogens with zero attached hydrogens (tertiary/aromatic N) is 4. The maximum atomic E-state index is 12.7. The third-order valence-electron chi connectivity index (χ3n) is 4.51. The number of aromatic nitrogens is 3. The predicted octanol–water partition coefficient (Wildman–Crippen LogP) is 2.93. The van der Waals surface area contributed by atoms with E-state index in [9.17, 15) is 14.4 Å². The fraction of sp³-hybridized carbons (Fsp3) is 0.286. The highest BCUT2D eigenvalue weighted by molar-refractivity contribution is 6.01. The van der Waals surface area contributed by atoms with Gasteiger partial charge >= 0.3 is 0 Å². The van der Waals surface area contributed by atoms with E-state index < -0.39 is 0 Å². The Labute approximate surface area is 168 Å². The molecule has 8 heteroatoms. The number of fused-ring (bicyclic) bond motifs is 1. The number of hydrogen-bond donors (Lipinski definition) is 1. The molecule has 2 amide bonds. The molecule has 0 saturated heterocycles. The van der Waals surface area contributed by atoms with Crippen LogP contribution in [0.25, 0.3) is 11.0 Å². The molecule has 1 aromatic heterocycles. The van der Waals surface area contributed by atoms with Crippen LogP contribution in [0.3, 0.4) is 0 Å². The molecule has 0 aliphatic rings. The van der Waals surface area contributed by atoms with Gasteiger partial charge in [0.25, 0.3) is 5.91 Å². The second-order valence-electron chi connectivity index (χ2n) is 7.17. The molecule has 3 aromatic rings. The molecular weight excluding hydrogens is 370 g/mol. The first kappa shape index (κ1) is 20.2. The van der Waals surface area contributed by atoms with Crippen molar-refractivity contribution in [3.8, 4) is 0 Å². The first-order valence-electron chi connectivity index (χ1n) is 9.27. The fourth-order valence-corrected chi connectivity index (χ4v) is 2.95. The van der Waals surface area contributed by atoms with Gasteiger partial charge in [-0.1, -0.05) is 5.21 Å². The second kappa shape index (κ2) is 8.22. The van der Waals surface area contributed by atoms with Gasteiger partial charge in [-0.2, -0.15) is 0 Å². The largest absolute Gasteiger partial charge is 0.332 e. The van der Waals surface area contributed by atoms with Gasteiger partial charge in [-0.3, -0.25) is 14.4 Å². The summed E-state index contributed by atoms with van der Waals surface area (Å²) in [5, 5.41) is 10.9. The third-order valence-corrected chi connectivity index (χ3v) is 4.51. The van der Waals surface area contributed by atoms with Crippen LogP contribution >= 0.6 is 0 Å². The SMILES string of the molecule is CC(=O)c1ccc(NC(=O)CN(C)C(=O)c2ccc3c(c2)nnn3C(C)C)cc1. The Kier molecular flexibility index (Phi) is 5.72. The van der Waals surface area contributed by atoms with Crippen LogP contribution in [0.5, 0.6) is 0 Å². The molecule has 3 rings (SSSR count). The summed E-state index contributed by atoms with van der Waals surface area (Å²) in [5.74, 6) is -0.657. The zero-order valence-electron chi connectivity index (χ0n) is 16.8. The Hall–Kier alpha value is -3.55. The van der Waals surface area contributed by atoms with Gasteiger partial charge in [0.15, 0.2) is 5.78 Å². The summed E-state index contributed by atoms with van der Waals surface area (Å²) in [6.45, 7) is 5.39. The number of ketones is 1. The van der Waals surface area contributed by atoms with Gasteiger partial charge in [0.2, 0.25) is 5.91 Å². The lowest BCUT2D eigenvalue weighted by atomic mass is 10.1. The highest BCUT2D eigenvalue weighted by Crippen LogP contribution is 2.18. The summed E-state index contributed by atoms with van der Waals surface area (Å²) in [6.07, 6.45) is 0. The van der Waals surface area contributed by atoms with Crippen LogP contribution in [-0.4, -0.2) is 51.1 Å². The summed E-state index contributed by atoms with van der Waals surface area (Å²) in [5.41, 5.74) is 3.06. The van der Waals surface area contributed by atoms with Gasteiger partial charge in [0, 0.05) is 29.9 Å². The molecule has 150 valence electrons. The number of carbonyl (C=O) groups excluding carboxylic acids is 3. The van der Waals surface area contributed by atoms with E-state index in [2.05, 4.69) is 15.6 Å². The van der Waals surface area contributed by atoms with Gasteiger partial charge in [-0.15, -0.1) is 5.10 Å². The lowest BCUT2D eigenvalue weighted by Crippen LogP contribution is -2.34. The van der Waals surface area contributed by atoms with Crippen molar-refractivity contribution in [2.24, 2.45) is 0 Å². The smallest absolute Gasteiger partial charge is 0.254 e. The Morgan fingerprint density at radius 1 is 1.07 bits per heavy atom. The van der Waals surface area contributed by atoms with Crippen LogP contribution in [0.1, 0.15) is 47.5 Å².